The summed E-state index contributed by atoms with van der Waals surface area (Å²) in [6, 6.07) is -1.62. The van der Waals surface area contributed by atoms with Crippen molar-refractivity contribution in [3.63, 3.8) is 0 Å². The van der Waals surface area contributed by atoms with Crippen LogP contribution in [-0.2, 0) is 9.59 Å². The molecular formula is C13H25N3O4. The molecule has 0 heterocycles. The second-order valence-corrected chi connectivity index (χ2v) is 5.83. The Morgan fingerprint density at radius 2 is 1.85 bits per heavy atom. The van der Waals surface area contributed by atoms with Crippen molar-refractivity contribution in [1.29, 1.82) is 0 Å². The lowest BCUT2D eigenvalue weighted by Gasteiger charge is -2.30. The topological polar surface area (TPSA) is 113 Å². The van der Waals surface area contributed by atoms with Crippen LogP contribution in [0.4, 0.5) is 4.79 Å². The number of carboxylic acid groups (broad SMARTS) is 1. The third-order valence-electron chi connectivity index (χ3n) is 2.80. The zero-order chi connectivity index (χ0) is 15.9. The molecule has 0 fully saturated rings. The minimum Gasteiger partial charge on any atom is -0.480 e. The number of nitrogens with two attached hydrogens (primary N) is 1. The van der Waals surface area contributed by atoms with Gasteiger partial charge in [-0.05, 0) is 11.8 Å². The Hall–Kier alpha value is -1.79. The summed E-state index contributed by atoms with van der Waals surface area (Å²) in [5, 5.41) is 11.6. The fraction of sp³-hybridized carbons (Fsp3) is 0.769. The lowest BCUT2D eigenvalue weighted by molar-refractivity contribution is -0.142. The normalized spacial score (nSPS) is 12.6. The number of primary amides is 1. The molecule has 4 N–H and O–H groups in total. The maximum absolute atomic E-state index is 12.1. The predicted molar refractivity (Wildman–Crippen MR) is 75.1 cm³/mol. The summed E-state index contributed by atoms with van der Waals surface area (Å²) < 4.78 is 0. The molecule has 0 rings (SSSR count). The van der Waals surface area contributed by atoms with Gasteiger partial charge in [-0.3, -0.25) is 4.79 Å². The number of nitrogens with zero attached hydrogens (tertiary/aromatic N) is 1. The molecule has 0 unspecified atom stereocenters. The van der Waals surface area contributed by atoms with Crippen molar-refractivity contribution in [2.45, 2.75) is 46.6 Å². The molecule has 0 aromatic heterocycles. The Morgan fingerprint density at radius 3 is 2.20 bits per heavy atom. The van der Waals surface area contributed by atoms with Crippen LogP contribution in [0.5, 0.6) is 0 Å². The van der Waals surface area contributed by atoms with Gasteiger partial charge in [0.1, 0.15) is 12.6 Å². The number of nitrogens with one attached hydrogen (secondary N) is 1. The lowest BCUT2D eigenvalue weighted by atomic mass is 9.87. The molecular weight excluding hydrogens is 262 g/mol. The number of unbranched alkanes of at least 4 members (excludes halogenated alkanes) is 1. The van der Waals surface area contributed by atoms with E-state index in [-0.39, 0.29) is 6.54 Å². The third-order valence-corrected chi connectivity index (χ3v) is 2.80. The van der Waals surface area contributed by atoms with Crippen LogP contribution in [0.15, 0.2) is 0 Å². The first-order chi connectivity index (χ1) is 9.09. The van der Waals surface area contributed by atoms with E-state index in [1.165, 1.54) is 4.90 Å². The highest BCUT2D eigenvalue weighted by molar-refractivity contribution is 5.86. The van der Waals surface area contributed by atoms with E-state index in [0.717, 1.165) is 6.42 Å². The van der Waals surface area contributed by atoms with E-state index in [0.29, 0.717) is 13.0 Å². The molecule has 0 aliphatic heterocycles. The van der Waals surface area contributed by atoms with Crippen LogP contribution in [0.1, 0.15) is 40.5 Å². The van der Waals surface area contributed by atoms with Gasteiger partial charge in [0, 0.05) is 6.54 Å². The fourth-order valence-electron chi connectivity index (χ4n) is 1.65. The van der Waals surface area contributed by atoms with Crippen LogP contribution >= 0.6 is 0 Å². The molecule has 0 aromatic carbocycles. The Bertz CT molecular complexity index is 363. The fourth-order valence-corrected chi connectivity index (χ4v) is 1.65. The van der Waals surface area contributed by atoms with Crippen molar-refractivity contribution in [2.24, 2.45) is 11.1 Å². The number of urea groups is 1. The van der Waals surface area contributed by atoms with E-state index >= 15 is 0 Å². The number of carbonyl (C=O) groups excluding carboxylic acids is 2. The first-order valence-corrected chi connectivity index (χ1v) is 6.66. The highest BCUT2D eigenvalue weighted by Crippen LogP contribution is 2.19. The van der Waals surface area contributed by atoms with Gasteiger partial charge in [0.05, 0.1) is 0 Å². The number of carboxylic acids is 1. The first kappa shape index (κ1) is 18.2. The number of hydrogen-bond donors (Lipinski definition) is 3. The number of carbonyl (C=O) groups is 3. The summed E-state index contributed by atoms with van der Waals surface area (Å²) >= 11 is 0. The molecule has 0 aliphatic carbocycles. The summed E-state index contributed by atoms with van der Waals surface area (Å²) in [6.45, 7) is 7.25. The molecule has 0 aromatic rings. The van der Waals surface area contributed by atoms with Gasteiger partial charge in [0.25, 0.3) is 0 Å². The van der Waals surface area contributed by atoms with Gasteiger partial charge < -0.3 is 21.1 Å². The van der Waals surface area contributed by atoms with Crippen LogP contribution < -0.4 is 11.1 Å². The second-order valence-electron chi connectivity index (χ2n) is 5.83. The van der Waals surface area contributed by atoms with Crippen LogP contribution in [0.3, 0.4) is 0 Å². The van der Waals surface area contributed by atoms with Gasteiger partial charge in [-0.25, -0.2) is 9.59 Å². The van der Waals surface area contributed by atoms with Gasteiger partial charge >= 0.3 is 12.0 Å². The van der Waals surface area contributed by atoms with E-state index in [1.807, 2.05) is 6.92 Å². The summed E-state index contributed by atoms with van der Waals surface area (Å²) in [6.07, 6.45) is 1.57. The van der Waals surface area contributed by atoms with E-state index in [9.17, 15) is 19.5 Å². The summed E-state index contributed by atoms with van der Waals surface area (Å²) in [4.78, 5) is 35.5. The maximum Gasteiger partial charge on any atom is 0.326 e. The van der Waals surface area contributed by atoms with Crippen molar-refractivity contribution in [3.8, 4) is 0 Å². The molecule has 1 atom stereocenters. The molecule has 7 nitrogen and oxygen atoms in total. The van der Waals surface area contributed by atoms with Gasteiger partial charge in [-0.1, -0.05) is 34.1 Å². The quantitative estimate of drug-likeness (QED) is 0.642. The molecule has 7 heteroatoms. The highest BCUT2D eigenvalue weighted by Gasteiger charge is 2.33. The largest absolute Gasteiger partial charge is 0.480 e. The Morgan fingerprint density at radius 1 is 1.30 bits per heavy atom. The molecule has 0 saturated heterocycles. The lowest BCUT2D eigenvalue weighted by Crippen LogP contribution is -2.54. The van der Waals surface area contributed by atoms with E-state index in [4.69, 9.17) is 5.73 Å². The molecule has 0 radical (unpaired) electrons. The van der Waals surface area contributed by atoms with Crippen molar-refractivity contribution in [2.75, 3.05) is 13.1 Å². The molecule has 20 heavy (non-hydrogen) atoms. The monoisotopic (exact) mass is 287 g/mol. The zero-order valence-corrected chi connectivity index (χ0v) is 12.6. The van der Waals surface area contributed by atoms with E-state index in [1.54, 1.807) is 20.8 Å². The summed E-state index contributed by atoms with van der Waals surface area (Å²) in [5.41, 5.74) is 4.47. The molecule has 0 aliphatic rings. The van der Waals surface area contributed by atoms with Gasteiger partial charge in [0.2, 0.25) is 5.91 Å². The van der Waals surface area contributed by atoms with Gasteiger partial charge in [0.15, 0.2) is 0 Å². The Balaban J connectivity index is 4.87. The van der Waals surface area contributed by atoms with Crippen molar-refractivity contribution >= 4 is 17.9 Å². The highest BCUT2D eigenvalue weighted by atomic mass is 16.4. The van der Waals surface area contributed by atoms with Crippen molar-refractivity contribution in [3.05, 3.63) is 0 Å². The molecule has 0 saturated carbocycles. The minimum absolute atomic E-state index is 0.220. The average molecular weight is 287 g/mol. The first-order valence-electron chi connectivity index (χ1n) is 6.66. The molecule has 116 valence electrons. The molecule has 0 spiro atoms. The average Bonchev–Trinajstić information content (AvgIpc) is 2.28. The SMILES string of the molecule is CCCCN(CC(N)=O)C(=O)N[C@@H](C(=O)O)C(C)(C)C. The van der Waals surface area contributed by atoms with Crippen molar-refractivity contribution < 1.29 is 19.5 Å². The smallest absolute Gasteiger partial charge is 0.326 e. The standard InChI is InChI=1S/C13H25N3O4/c1-5-6-7-16(8-9(14)17)12(20)15-10(11(18)19)13(2,3)4/h10H,5-8H2,1-4H3,(H2,14,17)(H,15,20)(H,18,19)/t10-/m0/s1. The number of rotatable bonds is 7. The number of aliphatic carboxylic acids is 1. The van der Waals surface area contributed by atoms with Gasteiger partial charge in [-0.2, -0.15) is 0 Å². The Labute approximate surface area is 119 Å². The summed E-state index contributed by atoms with van der Waals surface area (Å²) in [5.74, 6) is -1.74. The van der Waals surface area contributed by atoms with Crippen molar-refractivity contribution in [1.82, 2.24) is 10.2 Å². The van der Waals surface area contributed by atoms with E-state index in [2.05, 4.69) is 5.32 Å². The van der Waals surface area contributed by atoms with Crippen LogP contribution in [0.2, 0.25) is 0 Å². The maximum atomic E-state index is 12.1. The van der Waals surface area contributed by atoms with Gasteiger partial charge in [-0.15, -0.1) is 0 Å². The van der Waals surface area contributed by atoms with Crippen LogP contribution in [0, 0.1) is 5.41 Å². The number of hydrogen-bond acceptors (Lipinski definition) is 3. The molecule has 3 amide bonds. The van der Waals surface area contributed by atoms with Crippen LogP contribution in [0.25, 0.3) is 0 Å². The third kappa shape index (κ3) is 6.40. The Kier molecular flexibility index (Phi) is 7.02. The van der Waals surface area contributed by atoms with E-state index < -0.39 is 29.4 Å². The molecule has 0 bridgehead atoms. The zero-order valence-electron chi connectivity index (χ0n) is 12.6. The summed E-state index contributed by atoms with van der Waals surface area (Å²) in [7, 11) is 0. The second kappa shape index (κ2) is 7.72. The minimum atomic E-state index is -1.11. The number of amides is 3. The predicted octanol–water partition coefficient (Wildman–Crippen LogP) is 0.783. The van der Waals surface area contributed by atoms with Crippen LogP contribution in [-0.4, -0.2) is 47.0 Å².